The monoisotopic (exact) mass is 371 g/mol. The smallest absolute Gasteiger partial charge is 0.255 e. The van der Waals surface area contributed by atoms with E-state index < -0.39 is 0 Å². The van der Waals surface area contributed by atoms with Crippen LogP contribution >= 0.6 is 0 Å². The van der Waals surface area contributed by atoms with Crippen LogP contribution in [0.3, 0.4) is 0 Å². The minimum Gasteiger partial charge on any atom is -0.492 e. The number of nitrogens with zero attached hydrogens (tertiary/aromatic N) is 1. The number of amides is 1. The summed E-state index contributed by atoms with van der Waals surface area (Å²) in [5, 5.41) is 2.91. The van der Waals surface area contributed by atoms with E-state index in [-0.39, 0.29) is 5.91 Å². The second-order valence-electron chi connectivity index (χ2n) is 6.57. The highest BCUT2D eigenvalue weighted by Gasteiger charge is 2.11. The van der Waals surface area contributed by atoms with Crippen LogP contribution < -0.4 is 10.1 Å². The van der Waals surface area contributed by atoms with Crippen LogP contribution in [0, 0.1) is 6.92 Å². The van der Waals surface area contributed by atoms with Gasteiger partial charge in [-0.2, -0.15) is 0 Å². The highest BCUT2D eigenvalue weighted by atomic mass is 16.5. The number of ether oxygens (including phenoxy) is 1. The molecule has 1 amide bonds. The van der Waals surface area contributed by atoms with Gasteiger partial charge in [-0.3, -0.25) is 4.79 Å². The van der Waals surface area contributed by atoms with Crippen molar-refractivity contribution in [3.8, 4) is 17.1 Å². The van der Waals surface area contributed by atoms with Gasteiger partial charge in [0.2, 0.25) is 0 Å². The molecule has 0 aliphatic heterocycles. The second-order valence-corrected chi connectivity index (χ2v) is 6.57. The van der Waals surface area contributed by atoms with Crippen molar-refractivity contribution in [1.29, 1.82) is 0 Å². The largest absolute Gasteiger partial charge is 0.492 e. The number of carbonyl (C=O) groups is 1. The molecule has 4 rings (SSSR count). The van der Waals surface area contributed by atoms with E-state index in [1.807, 2.05) is 55.5 Å². The molecular formula is C23H21N3O2. The number of carbonyl (C=O) groups excluding carboxylic acids is 1. The van der Waals surface area contributed by atoms with Gasteiger partial charge < -0.3 is 15.0 Å². The molecule has 1 aromatic heterocycles. The van der Waals surface area contributed by atoms with Gasteiger partial charge in [-0.15, -0.1) is 0 Å². The minimum absolute atomic E-state index is 0.182. The third-order valence-electron chi connectivity index (χ3n) is 4.49. The zero-order valence-corrected chi connectivity index (χ0v) is 15.8. The Kier molecular flexibility index (Phi) is 4.81. The van der Waals surface area contributed by atoms with Crippen LogP contribution in [-0.4, -0.2) is 22.5 Å². The minimum atomic E-state index is -0.182. The van der Waals surface area contributed by atoms with Crippen molar-refractivity contribution in [3.05, 3.63) is 77.9 Å². The van der Waals surface area contributed by atoms with Crippen molar-refractivity contribution in [2.75, 3.05) is 11.9 Å². The first-order valence-corrected chi connectivity index (χ1v) is 9.24. The summed E-state index contributed by atoms with van der Waals surface area (Å²) in [7, 11) is 0. The number of aryl methyl sites for hydroxylation is 1. The number of anilines is 1. The summed E-state index contributed by atoms with van der Waals surface area (Å²) < 4.78 is 5.56. The summed E-state index contributed by atoms with van der Waals surface area (Å²) in [5.74, 6) is 1.26. The van der Waals surface area contributed by atoms with E-state index in [4.69, 9.17) is 4.74 Å². The van der Waals surface area contributed by atoms with Crippen molar-refractivity contribution in [1.82, 2.24) is 9.97 Å². The van der Waals surface area contributed by atoms with Crippen LogP contribution in [0.1, 0.15) is 22.8 Å². The molecule has 4 aromatic rings. The van der Waals surface area contributed by atoms with Gasteiger partial charge >= 0.3 is 0 Å². The van der Waals surface area contributed by atoms with Gasteiger partial charge in [0.15, 0.2) is 0 Å². The quantitative estimate of drug-likeness (QED) is 0.507. The Morgan fingerprint density at radius 3 is 2.64 bits per heavy atom. The van der Waals surface area contributed by atoms with E-state index in [2.05, 4.69) is 28.3 Å². The Bertz CT molecular complexity index is 1130. The van der Waals surface area contributed by atoms with E-state index in [1.54, 1.807) is 12.1 Å². The summed E-state index contributed by atoms with van der Waals surface area (Å²) >= 11 is 0. The molecule has 0 aliphatic rings. The number of benzene rings is 3. The Morgan fingerprint density at radius 1 is 1.07 bits per heavy atom. The first kappa shape index (κ1) is 17.8. The molecule has 0 atom stereocenters. The topological polar surface area (TPSA) is 67.0 Å². The average molecular weight is 371 g/mol. The number of imidazole rings is 1. The van der Waals surface area contributed by atoms with Crippen molar-refractivity contribution in [2.45, 2.75) is 13.8 Å². The second kappa shape index (κ2) is 7.56. The first-order valence-electron chi connectivity index (χ1n) is 9.24. The molecule has 5 nitrogen and oxygen atoms in total. The Hall–Kier alpha value is -3.60. The van der Waals surface area contributed by atoms with Gasteiger partial charge in [0.1, 0.15) is 11.6 Å². The Morgan fingerprint density at radius 2 is 1.86 bits per heavy atom. The molecule has 3 aromatic carbocycles. The number of H-pyrrole nitrogens is 1. The van der Waals surface area contributed by atoms with Gasteiger partial charge in [0.05, 0.1) is 23.3 Å². The standard InChI is InChI=1S/C23H21N3O2/c1-3-28-21-7-5-4-6-19(21)26-23(27)17-11-9-16(10-12-17)22-24-18-13-8-15(2)14-20(18)25-22/h4-14H,3H2,1-2H3,(H,24,25)(H,26,27). The van der Waals surface area contributed by atoms with Crippen LogP contribution in [-0.2, 0) is 0 Å². The molecular weight excluding hydrogens is 350 g/mol. The Balaban J connectivity index is 1.55. The molecule has 0 fully saturated rings. The average Bonchev–Trinajstić information content (AvgIpc) is 3.13. The van der Waals surface area contributed by atoms with Gasteiger partial charge in [-0.05, 0) is 55.8 Å². The number of hydrogen-bond donors (Lipinski definition) is 2. The summed E-state index contributed by atoms with van der Waals surface area (Å²) in [6, 6.07) is 20.9. The molecule has 0 bridgehead atoms. The van der Waals surface area contributed by atoms with E-state index in [9.17, 15) is 4.79 Å². The third kappa shape index (κ3) is 3.60. The van der Waals surface area contributed by atoms with Crippen LogP contribution in [0.25, 0.3) is 22.4 Å². The molecule has 0 saturated carbocycles. The number of fused-ring (bicyclic) bond motifs is 1. The predicted octanol–water partition coefficient (Wildman–Crippen LogP) is 5.19. The van der Waals surface area contributed by atoms with Crippen molar-refractivity contribution in [2.24, 2.45) is 0 Å². The number of hydrogen-bond acceptors (Lipinski definition) is 3. The number of aromatic amines is 1. The van der Waals surface area contributed by atoms with E-state index in [0.29, 0.717) is 23.6 Å². The number of rotatable bonds is 5. The van der Waals surface area contributed by atoms with E-state index in [1.165, 1.54) is 5.56 Å². The molecule has 5 heteroatoms. The SMILES string of the molecule is CCOc1ccccc1NC(=O)c1ccc(-c2nc3ccc(C)cc3[nH]2)cc1. The van der Waals surface area contributed by atoms with E-state index >= 15 is 0 Å². The molecule has 140 valence electrons. The Labute approximate surface area is 163 Å². The van der Waals surface area contributed by atoms with Gasteiger partial charge in [0.25, 0.3) is 5.91 Å². The number of para-hydroxylation sites is 2. The maximum atomic E-state index is 12.6. The molecule has 0 radical (unpaired) electrons. The highest BCUT2D eigenvalue weighted by molar-refractivity contribution is 6.05. The normalized spacial score (nSPS) is 10.8. The summed E-state index contributed by atoms with van der Waals surface area (Å²) in [5.41, 5.74) is 5.27. The van der Waals surface area contributed by atoms with Crippen LogP contribution in [0.2, 0.25) is 0 Å². The predicted molar refractivity (Wildman–Crippen MR) is 112 cm³/mol. The van der Waals surface area contributed by atoms with Crippen molar-refractivity contribution >= 4 is 22.6 Å². The summed E-state index contributed by atoms with van der Waals surface area (Å²) in [4.78, 5) is 20.6. The molecule has 0 saturated heterocycles. The fraction of sp³-hybridized carbons (Fsp3) is 0.130. The molecule has 0 spiro atoms. The molecule has 0 unspecified atom stereocenters. The zero-order chi connectivity index (χ0) is 19.5. The van der Waals surface area contributed by atoms with E-state index in [0.717, 1.165) is 22.4 Å². The molecule has 0 aliphatic carbocycles. The first-order chi connectivity index (χ1) is 13.6. The molecule has 2 N–H and O–H groups in total. The van der Waals surface area contributed by atoms with Gasteiger partial charge in [0, 0.05) is 11.1 Å². The highest BCUT2D eigenvalue weighted by Crippen LogP contribution is 2.25. The molecule has 28 heavy (non-hydrogen) atoms. The van der Waals surface area contributed by atoms with Gasteiger partial charge in [-0.1, -0.05) is 30.3 Å². The summed E-state index contributed by atoms with van der Waals surface area (Å²) in [6.45, 7) is 4.51. The lowest BCUT2D eigenvalue weighted by Crippen LogP contribution is -2.12. The van der Waals surface area contributed by atoms with Crippen molar-refractivity contribution in [3.63, 3.8) is 0 Å². The zero-order valence-electron chi connectivity index (χ0n) is 15.8. The lowest BCUT2D eigenvalue weighted by atomic mass is 10.1. The fourth-order valence-corrected chi connectivity index (χ4v) is 3.09. The fourth-order valence-electron chi connectivity index (χ4n) is 3.09. The van der Waals surface area contributed by atoms with Crippen LogP contribution in [0.5, 0.6) is 5.75 Å². The lowest BCUT2D eigenvalue weighted by Gasteiger charge is -2.11. The maximum absolute atomic E-state index is 12.6. The lowest BCUT2D eigenvalue weighted by molar-refractivity contribution is 0.102. The number of aromatic nitrogens is 2. The maximum Gasteiger partial charge on any atom is 0.255 e. The van der Waals surface area contributed by atoms with Crippen LogP contribution in [0.15, 0.2) is 66.7 Å². The van der Waals surface area contributed by atoms with Crippen LogP contribution in [0.4, 0.5) is 5.69 Å². The molecule has 1 heterocycles. The van der Waals surface area contributed by atoms with Crippen molar-refractivity contribution < 1.29 is 9.53 Å². The van der Waals surface area contributed by atoms with Gasteiger partial charge in [-0.25, -0.2) is 4.98 Å². The number of nitrogens with one attached hydrogen (secondary N) is 2. The summed E-state index contributed by atoms with van der Waals surface area (Å²) in [6.07, 6.45) is 0. The third-order valence-corrected chi connectivity index (χ3v) is 4.49.